The van der Waals surface area contributed by atoms with Crippen molar-refractivity contribution in [1.82, 2.24) is 20.1 Å². The van der Waals surface area contributed by atoms with E-state index >= 15 is 0 Å². The molecule has 2 heterocycles. The summed E-state index contributed by atoms with van der Waals surface area (Å²) in [5.41, 5.74) is 2.51. The molecule has 0 aliphatic carbocycles. The smallest absolute Gasteiger partial charge is 0.404 e. The van der Waals surface area contributed by atoms with Gasteiger partial charge in [0.2, 0.25) is 11.8 Å². The summed E-state index contributed by atoms with van der Waals surface area (Å²) in [6.45, 7) is 4.34. The van der Waals surface area contributed by atoms with Gasteiger partial charge in [0.15, 0.2) is 0 Å². The molecule has 3 aromatic rings. The first kappa shape index (κ1) is 21.0. The lowest BCUT2D eigenvalue weighted by atomic mass is 10.1. The van der Waals surface area contributed by atoms with Crippen LogP contribution in [0.3, 0.4) is 0 Å². The molecule has 0 fully saturated rings. The van der Waals surface area contributed by atoms with Crippen molar-refractivity contribution in [3.63, 3.8) is 0 Å². The predicted octanol–water partition coefficient (Wildman–Crippen LogP) is 3.38. The summed E-state index contributed by atoms with van der Waals surface area (Å²) in [7, 11) is 1.57. The summed E-state index contributed by atoms with van der Waals surface area (Å²) in [5, 5.41) is 15.4. The van der Waals surface area contributed by atoms with Crippen molar-refractivity contribution in [3.05, 3.63) is 48.7 Å². The van der Waals surface area contributed by atoms with E-state index in [4.69, 9.17) is 19.3 Å². The van der Waals surface area contributed by atoms with Gasteiger partial charge in [-0.2, -0.15) is 0 Å². The molecule has 0 atom stereocenters. The summed E-state index contributed by atoms with van der Waals surface area (Å²) in [5.74, 6) is 1.67. The molecule has 9 heteroatoms. The van der Waals surface area contributed by atoms with Crippen LogP contribution in [0.25, 0.3) is 16.9 Å². The number of carbonyl (C=O) groups is 1. The van der Waals surface area contributed by atoms with Crippen molar-refractivity contribution in [2.45, 2.75) is 20.0 Å². The molecule has 0 radical (unpaired) electrons. The Morgan fingerprint density at radius 2 is 1.93 bits per heavy atom. The van der Waals surface area contributed by atoms with Crippen LogP contribution < -0.4 is 19.5 Å². The molecule has 0 saturated carbocycles. The first-order valence-corrected chi connectivity index (χ1v) is 9.43. The van der Waals surface area contributed by atoms with Gasteiger partial charge in [-0.05, 0) is 44.2 Å². The van der Waals surface area contributed by atoms with Gasteiger partial charge in [0.1, 0.15) is 12.4 Å². The van der Waals surface area contributed by atoms with Gasteiger partial charge in [0, 0.05) is 17.7 Å². The van der Waals surface area contributed by atoms with Crippen LogP contribution in [0, 0.1) is 0 Å². The van der Waals surface area contributed by atoms with Crippen molar-refractivity contribution in [1.29, 1.82) is 0 Å². The Balaban J connectivity index is 1.84. The van der Waals surface area contributed by atoms with Crippen LogP contribution in [-0.4, -0.2) is 52.3 Å². The number of aromatic nitrogens is 3. The van der Waals surface area contributed by atoms with Crippen molar-refractivity contribution in [2.75, 3.05) is 20.3 Å². The third-order valence-corrected chi connectivity index (χ3v) is 4.01. The van der Waals surface area contributed by atoms with Gasteiger partial charge >= 0.3 is 6.09 Å². The molecule has 0 aliphatic heterocycles. The summed E-state index contributed by atoms with van der Waals surface area (Å²) < 4.78 is 18.2. The third kappa shape index (κ3) is 5.40. The predicted molar refractivity (Wildman–Crippen MR) is 111 cm³/mol. The summed E-state index contributed by atoms with van der Waals surface area (Å²) >= 11 is 0. The second-order valence-electron chi connectivity index (χ2n) is 6.61. The quantitative estimate of drug-likeness (QED) is 0.519. The van der Waals surface area contributed by atoms with E-state index in [1.807, 2.05) is 50.2 Å². The molecular formula is C21H24N4O5. The molecule has 3 rings (SSSR count). The van der Waals surface area contributed by atoms with Crippen molar-refractivity contribution in [3.8, 4) is 34.5 Å². The zero-order valence-electron chi connectivity index (χ0n) is 17.0. The molecule has 2 aromatic heterocycles. The number of hydrogen-bond donors (Lipinski definition) is 2. The zero-order chi connectivity index (χ0) is 21.5. The monoisotopic (exact) mass is 412 g/mol. The van der Waals surface area contributed by atoms with Crippen LogP contribution in [0.2, 0.25) is 0 Å². The Hall–Kier alpha value is -3.75. The fourth-order valence-electron chi connectivity index (χ4n) is 2.73. The number of ether oxygens (including phenoxy) is 3. The number of pyridine rings is 1. The van der Waals surface area contributed by atoms with Gasteiger partial charge in [0.05, 0.1) is 37.3 Å². The number of nitrogens with zero attached hydrogens (tertiary/aromatic N) is 3. The molecule has 1 aromatic carbocycles. The molecule has 2 N–H and O–H groups in total. The summed E-state index contributed by atoms with van der Waals surface area (Å²) in [6.07, 6.45) is 0.599. The van der Waals surface area contributed by atoms with E-state index in [1.165, 1.54) is 0 Å². The Labute approximate surface area is 174 Å². The van der Waals surface area contributed by atoms with Gasteiger partial charge in [0.25, 0.3) is 0 Å². The molecule has 158 valence electrons. The highest BCUT2D eigenvalue weighted by molar-refractivity contribution is 5.65. The van der Waals surface area contributed by atoms with Crippen molar-refractivity contribution in [2.24, 2.45) is 0 Å². The maximum atomic E-state index is 10.5. The minimum atomic E-state index is -1.07. The number of carboxylic acid groups (broad SMARTS) is 1. The van der Waals surface area contributed by atoms with Crippen LogP contribution >= 0.6 is 0 Å². The van der Waals surface area contributed by atoms with E-state index in [-0.39, 0.29) is 19.3 Å². The fraction of sp³-hybridized carbons (Fsp3) is 0.286. The molecule has 9 nitrogen and oxygen atoms in total. The maximum absolute atomic E-state index is 10.5. The SMILES string of the molecule is COc1ccc(-n2nc(OC(C)C)cc2-c2ccc(OCCNC(=O)O)cc2)cn1. The van der Waals surface area contributed by atoms with Crippen LogP contribution in [0.15, 0.2) is 48.7 Å². The van der Waals surface area contributed by atoms with Gasteiger partial charge in [-0.25, -0.2) is 14.5 Å². The molecule has 0 bridgehead atoms. The number of nitrogens with one attached hydrogen (secondary N) is 1. The minimum absolute atomic E-state index is 0.00891. The lowest BCUT2D eigenvalue weighted by Crippen LogP contribution is -2.26. The average molecular weight is 412 g/mol. The normalized spacial score (nSPS) is 10.7. The minimum Gasteiger partial charge on any atom is -0.492 e. The van der Waals surface area contributed by atoms with Gasteiger partial charge in [-0.1, -0.05) is 0 Å². The largest absolute Gasteiger partial charge is 0.492 e. The Bertz CT molecular complexity index is 968. The molecule has 0 spiro atoms. The maximum Gasteiger partial charge on any atom is 0.404 e. The van der Waals surface area contributed by atoms with Crippen LogP contribution in [0.4, 0.5) is 4.79 Å². The van der Waals surface area contributed by atoms with Crippen molar-refractivity contribution >= 4 is 6.09 Å². The second kappa shape index (κ2) is 9.64. The number of rotatable bonds is 9. The molecule has 0 saturated heterocycles. The molecule has 0 aliphatic rings. The van der Waals surface area contributed by atoms with E-state index in [9.17, 15) is 4.79 Å². The number of benzene rings is 1. The zero-order valence-corrected chi connectivity index (χ0v) is 17.0. The number of methoxy groups -OCH3 is 1. The van der Waals surface area contributed by atoms with Crippen LogP contribution in [0.1, 0.15) is 13.8 Å². The third-order valence-electron chi connectivity index (χ3n) is 4.01. The van der Waals surface area contributed by atoms with E-state index < -0.39 is 6.09 Å². The summed E-state index contributed by atoms with van der Waals surface area (Å²) in [4.78, 5) is 14.7. The number of hydrogen-bond acceptors (Lipinski definition) is 6. The Kier molecular flexibility index (Phi) is 6.74. The topological polar surface area (TPSA) is 108 Å². The summed E-state index contributed by atoms with van der Waals surface area (Å²) in [6, 6.07) is 13.0. The second-order valence-corrected chi connectivity index (χ2v) is 6.61. The lowest BCUT2D eigenvalue weighted by Gasteiger charge is -2.09. The molecule has 30 heavy (non-hydrogen) atoms. The van der Waals surface area contributed by atoms with E-state index in [0.717, 1.165) is 16.9 Å². The highest BCUT2D eigenvalue weighted by Gasteiger charge is 2.14. The first-order chi connectivity index (χ1) is 14.5. The van der Waals surface area contributed by atoms with E-state index in [0.29, 0.717) is 17.5 Å². The first-order valence-electron chi connectivity index (χ1n) is 9.43. The highest BCUT2D eigenvalue weighted by atomic mass is 16.5. The average Bonchev–Trinajstić information content (AvgIpc) is 3.14. The molecular weight excluding hydrogens is 388 g/mol. The number of amides is 1. The van der Waals surface area contributed by atoms with E-state index in [2.05, 4.69) is 15.4 Å². The Morgan fingerprint density at radius 1 is 1.17 bits per heavy atom. The van der Waals surface area contributed by atoms with Gasteiger partial charge < -0.3 is 24.6 Å². The van der Waals surface area contributed by atoms with Crippen LogP contribution in [0.5, 0.6) is 17.5 Å². The molecule has 1 amide bonds. The van der Waals surface area contributed by atoms with Gasteiger partial charge in [-0.3, -0.25) is 0 Å². The standard InChI is InChI=1S/C21H24N4O5/c1-14(2)30-20-12-18(25(24-20)16-6-9-19(28-3)23-13-16)15-4-7-17(8-5-15)29-11-10-22-21(26)27/h4-9,12-14,22H,10-11H2,1-3H3,(H,26,27). The van der Waals surface area contributed by atoms with E-state index in [1.54, 1.807) is 24.1 Å². The van der Waals surface area contributed by atoms with Gasteiger partial charge in [-0.15, -0.1) is 5.10 Å². The fourth-order valence-corrected chi connectivity index (χ4v) is 2.73. The van der Waals surface area contributed by atoms with Crippen molar-refractivity contribution < 1.29 is 24.1 Å². The lowest BCUT2D eigenvalue weighted by molar-refractivity contribution is 0.191. The molecule has 0 unspecified atom stereocenters. The van der Waals surface area contributed by atoms with Crippen LogP contribution in [-0.2, 0) is 0 Å². The highest BCUT2D eigenvalue weighted by Crippen LogP contribution is 2.29. The Morgan fingerprint density at radius 3 is 2.53 bits per heavy atom.